The van der Waals surface area contributed by atoms with Crippen LogP contribution in [0.15, 0.2) is 29.1 Å². The first-order valence-electron chi connectivity index (χ1n) is 10.8. The Morgan fingerprint density at radius 1 is 1.16 bits per heavy atom. The number of benzene rings is 1. The molecule has 8 heteroatoms. The van der Waals surface area contributed by atoms with Crippen LogP contribution >= 0.6 is 11.3 Å². The normalized spacial score (nSPS) is 17.1. The smallest absolute Gasteiger partial charge is 0.259 e. The van der Waals surface area contributed by atoms with Gasteiger partial charge in [-0.3, -0.25) is 14.5 Å². The number of hydrogen-bond donors (Lipinski definition) is 1. The molecule has 1 aliphatic carbocycles. The number of rotatable bonds is 4. The summed E-state index contributed by atoms with van der Waals surface area (Å²) in [6, 6.07) is 6.20. The highest BCUT2D eigenvalue weighted by Gasteiger charge is 2.23. The Morgan fingerprint density at radius 3 is 2.77 bits per heavy atom. The number of aromatic amines is 1. The van der Waals surface area contributed by atoms with Crippen LogP contribution < -0.4 is 5.56 Å². The monoisotopic (exact) mass is 440 g/mol. The Balaban J connectivity index is 1.22. The fourth-order valence-corrected chi connectivity index (χ4v) is 5.86. The molecule has 0 atom stereocenters. The van der Waals surface area contributed by atoms with Crippen LogP contribution in [0, 0.1) is 5.82 Å². The van der Waals surface area contributed by atoms with Gasteiger partial charge in [0, 0.05) is 31.1 Å². The first-order chi connectivity index (χ1) is 15.1. The second kappa shape index (κ2) is 8.51. The number of nitrogens with one attached hydrogen (secondary N) is 1. The highest BCUT2D eigenvalue weighted by atomic mass is 32.1. The maximum Gasteiger partial charge on any atom is 0.259 e. The van der Waals surface area contributed by atoms with Gasteiger partial charge in [0.25, 0.3) is 5.56 Å². The van der Waals surface area contributed by atoms with E-state index in [0.29, 0.717) is 31.0 Å². The number of thiophene rings is 1. The van der Waals surface area contributed by atoms with Crippen molar-refractivity contribution in [3.63, 3.8) is 0 Å². The summed E-state index contributed by atoms with van der Waals surface area (Å²) in [6.45, 7) is 3.25. The zero-order chi connectivity index (χ0) is 21.4. The van der Waals surface area contributed by atoms with Crippen molar-refractivity contribution in [3.8, 4) is 0 Å². The number of amides is 1. The van der Waals surface area contributed by atoms with E-state index < -0.39 is 0 Å². The van der Waals surface area contributed by atoms with Gasteiger partial charge in [0.15, 0.2) is 0 Å². The molecule has 0 saturated carbocycles. The lowest BCUT2D eigenvalue weighted by Gasteiger charge is -2.34. The standard InChI is InChI=1S/C23H25FN4O2S/c24-16-5-3-4-15(12-16)13-20(29)28-10-8-27(9-11-28)14-19-25-22(30)21-17-6-1-2-7-18(17)31-23(21)26-19/h3-5,12H,1-2,6-11,13-14H2,(H,25,26,30). The average molecular weight is 441 g/mol. The molecule has 1 aliphatic heterocycles. The molecule has 1 aromatic carbocycles. The molecule has 3 heterocycles. The number of carbonyl (C=O) groups is 1. The molecule has 1 N–H and O–H groups in total. The van der Waals surface area contributed by atoms with Crippen LogP contribution in [0.1, 0.15) is 34.7 Å². The van der Waals surface area contributed by atoms with E-state index in [-0.39, 0.29) is 23.7 Å². The molecule has 0 unspecified atom stereocenters. The lowest BCUT2D eigenvalue weighted by atomic mass is 9.97. The average Bonchev–Trinajstić information content (AvgIpc) is 3.13. The Hall–Kier alpha value is -2.58. The molecule has 0 spiro atoms. The van der Waals surface area contributed by atoms with Gasteiger partial charge in [-0.1, -0.05) is 12.1 Å². The van der Waals surface area contributed by atoms with E-state index in [2.05, 4.69) is 9.88 Å². The number of fused-ring (bicyclic) bond motifs is 3. The third kappa shape index (κ3) is 4.27. The lowest BCUT2D eigenvalue weighted by Crippen LogP contribution is -2.49. The Labute approximate surface area is 183 Å². The van der Waals surface area contributed by atoms with E-state index in [1.165, 1.54) is 29.0 Å². The molecule has 2 aliphatic rings. The van der Waals surface area contributed by atoms with Gasteiger partial charge in [-0.2, -0.15) is 0 Å². The van der Waals surface area contributed by atoms with E-state index in [1.807, 2.05) is 4.90 Å². The minimum atomic E-state index is -0.319. The van der Waals surface area contributed by atoms with E-state index in [1.54, 1.807) is 23.5 Å². The summed E-state index contributed by atoms with van der Waals surface area (Å²) in [5.41, 5.74) is 1.88. The third-order valence-electron chi connectivity index (χ3n) is 6.22. The lowest BCUT2D eigenvalue weighted by molar-refractivity contribution is -0.132. The molecule has 1 amide bonds. The quantitative estimate of drug-likeness (QED) is 0.677. The summed E-state index contributed by atoms with van der Waals surface area (Å²) in [5, 5.41) is 0.788. The molecule has 6 nitrogen and oxygen atoms in total. The van der Waals surface area contributed by atoms with E-state index in [0.717, 1.165) is 42.6 Å². The van der Waals surface area contributed by atoms with Crippen LogP contribution in [0.3, 0.4) is 0 Å². The zero-order valence-corrected chi connectivity index (χ0v) is 18.1. The highest BCUT2D eigenvalue weighted by Crippen LogP contribution is 2.33. The molecule has 31 heavy (non-hydrogen) atoms. The van der Waals surface area contributed by atoms with Crippen LogP contribution in [0.2, 0.25) is 0 Å². The number of halogens is 1. The van der Waals surface area contributed by atoms with Crippen molar-refractivity contribution >= 4 is 27.5 Å². The number of aryl methyl sites for hydroxylation is 2. The van der Waals surface area contributed by atoms with Crippen molar-refractivity contribution in [3.05, 3.63) is 62.3 Å². The van der Waals surface area contributed by atoms with Crippen molar-refractivity contribution in [1.29, 1.82) is 0 Å². The summed E-state index contributed by atoms with van der Waals surface area (Å²) in [7, 11) is 0. The van der Waals surface area contributed by atoms with Gasteiger partial charge in [-0.25, -0.2) is 9.37 Å². The first kappa shape index (κ1) is 20.3. The SMILES string of the molecule is O=C(Cc1cccc(F)c1)N1CCN(Cc2nc3sc4c(c3c(=O)[nH]2)CCCC4)CC1. The van der Waals surface area contributed by atoms with Crippen molar-refractivity contribution < 1.29 is 9.18 Å². The minimum Gasteiger partial charge on any atom is -0.340 e. The molecule has 0 radical (unpaired) electrons. The van der Waals surface area contributed by atoms with Gasteiger partial charge < -0.3 is 9.88 Å². The molecule has 1 saturated heterocycles. The summed E-state index contributed by atoms with van der Waals surface area (Å²) in [6.07, 6.45) is 4.57. The second-order valence-corrected chi connectivity index (χ2v) is 9.45. The van der Waals surface area contributed by atoms with Gasteiger partial charge >= 0.3 is 0 Å². The van der Waals surface area contributed by atoms with Crippen LogP contribution in [-0.2, 0) is 30.6 Å². The van der Waals surface area contributed by atoms with E-state index in [9.17, 15) is 14.0 Å². The van der Waals surface area contributed by atoms with Crippen molar-refractivity contribution in [1.82, 2.24) is 19.8 Å². The maximum atomic E-state index is 13.3. The Bertz CT molecular complexity index is 1180. The molecule has 3 aromatic rings. The number of H-pyrrole nitrogens is 1. The number of aromatic nitrogens is 2. The van der Waals surface area contributed by atoms with Crippen molar-refractivity contribution in [2.45, 2.75) is 38.6 Å². The van der Waals surface area contributed by atoms with Crippen LogP contribution in [-0.4, -0.2) is 51.9 Å². The molecular formula is C23H25FN4O2S. The molecular weight excluding hydrogens is 415 g/mol. The fraction of sp³-hybridized carbons (Fsp3) is 0.435. The second-order valence-electron chi connectivity index (χ2n) is 8.37. The van der Waals surface area contributed by atoms with Crippen LogP contribution in [0.25, 0.3) is 10.2 Å². The number of nitrogens with zero attached hydrogens (tertiary/aromatic N) is 3. The minimum absolute atomic E-state index is 0.0161. The van der Waals surface area contributed by atoms with Crippen molar-refractivity contribution in [2.75, 3.05) is 26.2 Å². The molecule has 162 valence electrons. The van der Waals surface area contributed by atoms with Gasteiger partial charge in [0.2, 0.25) is 5.91 Å². The summed E-state index contributed by atoms with van der Waals surface area (Å²) in [5.74, 6) is 0.387. The number of hydrogen-bond acceptors (Lipinski definition) is 5. The predicted molar refractivity (Wildman–Crippen MR) is 119 cm³/mol. The molecule has 0 bridgehead atoms. The predicted octanol–water partition coefficient (Wildman–Crippen LogP) is 2.89. The fourth-order valence-electron chi connectivity index (χ4n) is 4.58. The van der Waals surface area contributed by atoms with Gasteiger partial charge in [0.1, 0.15) is 16.5 Å². The first-order valence-corrected chi connectivity index (χ1v) is 11.7. The van der Waals surface area contributed by atoms with E-state index in [4.69, 9.17) is 4.98 Å². The highest BCUT2D eigenvalue weighted by molar-refractivity contribution is 7.18. The van der Waals surface area contributed by atoms with Crippen LogP contribution in [0.4, 0.5) is 4.39 Å². The molecule has 2 aromatic heterocycles. The van der Waals surface area contributed by atoms with Crippen molar-refractivity contribution in [2.24, 2.45) is 0 Å². The van der Waals surface area contributed by atoms with Gasteiger partial charge in [-0.05, 0) is 48.9 Å². The van der Waals surface area contributed by atoms with Gasteiger partial charge in [0.05, 0.1) is 18.4 Å². The topological polar surface area (TPSA) is 69.3 Å². The largest absolute Gasteiger partial charge is 0.340 e. The van der Waals surface area contributed by atoms with E-state index >= 15 is 0 Å². The van der Waals surface area contributed by atoms with Gasteiger partial charge in [-0.15, -0.1) is 11.3 Å². The molecule has 5 rings (SSSR count). The molecule has 1 fully saturated rings. The summed E-state index contributed by atoms with van der Waals surface area (Å²) < 4.78 is 13.3. The maximum absolute atomic E-state index is 13.3. The zero-order valence-electron chi connectivity index (χ0n) is 17.3. The third-order valence-corrected chi connectivity index (χ3v) is 7.40. The number of carbonyl (C=O) groups excluding carboxylic acids is 1. The Kier molecular flexibility index (Phi) is 5.58. The van der Waals surface area contributed by atoms with Crippen LogP contribution in [0.5, 0.6) is 0 Å². The summed E-state index contributed by atoms with van der Waals surface area (Å²) >= 11 is 1.67. The number of piperazine rings is 1. The summed E-state index contributed by atoms with van der Waals surface area (Å²) in [4.78, 5) is 39.2. The Morgan fingerprint density at radius 2 is 1.97 bits per heavy atom.